The fourth-order valence-electron chi connectivity index (χ4n) is 6.30. The number of carbonyl (C=O) groups excluding carboxylic acids is 1. The van der Waals surface area contributed by atoms with E-state index in [4.69, 9.17) is 12.2 Å². The molecule has 0 bridgehead atoms. The minimum atomic E-state index is -0.242. The number of hydrogen-bond acceptors (Lipinski definition) is 6. The fraction of sp³-hybridized carbons (Fsp3) is 0.484. The first-order valence-electron chi connectivity index (χ1n) is 14.2. The maximum atomic E-state index is 13.6. The minimum Gasteiger partial charge on any atom is -0.357 e. The largest absolute Gasteiger partial charge is 0.357 e. The van der Waals surface area contributed by atoms with Crippen LogP contribution < -0.4 is 10.5 Å². The highest BCUT2D eigenvalue weighted by atomic mass is 32.2. The molecule has 3 aliphatic rings. The second-order valence-corrected chi connectivity index (χ2v) is 12.6. The highest BCUT2D eigenvalue weighted by molar-refractivity contribution is 8.26. The van der Waals surface area contributed by atoms with Crippen molar-refractivity contribution in [1.29, 1.82) is 5.26 Å². The molecule has 1 aromatic carbocycles. The number of thiocarbonyl (C=S) groups is 1. The lowest BCUT2D eigenvalue weighted by atomic mass is 9.90. The van der Waals surface area contributed by atoms with Gasteiger partial charge in [-0.05, 0) is 68.6 Å². The molecule has 3 heterocycles. The van der Waals surface area contributed by atoms with Crippen molar-refractivity contribution < 1.29 is 4.79 Å². The van der Waals surface area contributed by atoms with E-state index in [0.717, 1.165) is 75.8 Å². The minimum absolute atomic E-state index is 0.0458. The molecule has 8 heteroatoms. The molecule has 6 nitrogen and oxygen atoms in total. The lowest BCUT2D eigenvalue weighted by Crippen LogP contribution is -2.40. The summed E-state index contributed by atoms with van der Waals surface area (Å²) >= 11 is 7.00. The van der Waals surface area contributed by atoms with E-state index in [2.05, 4.69) is 41.3 Å². The molecule has 3 fully saturated rings. The van der Waals surface area contributed by atoms with Crippen molar-refractivity contribution in [2.45, 2.75) is 77.8 Å². The number of anilines is 1. The number of pyridine rings is 1. The number of nitriles is 1. The molecule has 0 unspecified atom stereocenters. The maximum Gasteiger partial charge on any atom is 0.270 e. The molecule has 1 amide bonds. The molecule has 1 aliphatic carbocycles. The second-order valence-electron chi connectivity index (χ2n) is 10.9. The summed E-state index contributed by atoms with van der Waals surface area (Å²) in [5, 5.41) is 9.93. The number of nitrogens with zero attached hydrogens (tertiary/aromatic N) is 4. The summed E-state index contributed by atoms with van der Waals surface area (Å²) in [5.41, 5.74) is 2.71. The number of carbonyl (C=O) groups is 1. The molecule has 39 heavy (non-hydrogen) atoms. The van der Waals surface area contributed by atoms with Crippen molar-refractivity contribution in [3.63, 3.8) is 0 Å². The van der Waals surface area contributed by atoms with Gasteiger partial charge in [-0.2, -0.15) is 5.26 Å². The number of piperidine rings is 1. The van der Waals surface area contributed by atoms with Crippen LogP contribution in [-0.2, 0) is 17.8 Å². The van der Waals surface area contributed by atoms with Crippen LogP contribution in [0, 0.1) is 24.2 Å². The zero-order chi connectivity index (χ0) is 27.5. The smallest absolute Gasteiger partial charge is 0.270 e. The Balaban J connectivity index is 1.51. The zero-order valence-corrected chi connectivity index (χ0v) is 24.5. The topological polar surface area (TPSA) is 69.3 Å². The Bertz CT molecular complexity index is 1380. The summed E-state index contributed by atoms with van der Waals surface area (Å²) < 4.78 is 2.38. The molecule has 0 spiro atoms. The lowest BCUT2D eigenvalue weighted by Gasteiger charge is -2.36. The van der Waals surface area contributed by atoms with Crippen LogP contribution in [-0.4, -0.2) is 38.8 Å². The SMILES string of the molecule is CCCn1c(N2CCC(Cc3ccccc3)CC2)c(/C=C2/SC(=S)N(C3CCCC3)C2=O)c(C)c(C#N)c1=O. The normalized spacial score (nSPS) is 19.9. The van der Waals surface area contributed by atoms with Gasteiger partial charge in [0.05, 0.1) is 4.91 Å². The van der Waals surface area contributed by atoms with Crippen LogP contribution in [0.15, 0.2) is 40.0 Å². The number of amides is 1. The Morgan fingerprint density at radius 2 is 1.79 bits per heavy atom. The van der Waals surface area contributed by atoms with E-state index in [1.54, 1.807) is 9.47 Å². The van der Waals surface area contributed by atoms with Gasteiger partial charge in [-0.3, -0.25) is 19.1 Å². The van der Waals surface area contributed by atoms with E-state index in [-0.39, 0.29) is 23.1 Å². The van der Waals surface area contributed by atoms with E-state index in [1.165, 1.54) is 17.3 Å². The summed E-state index contributed by atoms with van der Waals surface area (Å²) in [6.45, 7) is 6.06. The molecule has 204 valence electrons. The van der Waals surface area contributed by atoms with Gasteiger partial charge >= 0.3 is 0 Å². The fourth-order valence-corrected chi connectivity index (χ4v) is 7.68. The Morgan fingerprint density at radius 3 is 2.44 bits per heavy atom. The first-order valence-corrected chi connectivity index (χ1v) is 15.4. The zero-order valence-electron chi connectivity index (χ0n) is 22.8. The van der Waals surface area contributed by atoms with Gasteiger partial charge in [0, 0.05) is 31.2 Å². The van der Waals surface area contributed by atoms with Gasteiger partial charge in [0.25, 0.3) is 11.5 Å². The summed E-state index contributed by atoms with van der Waals surface area (Å²) in [6, 6.07) is 12.9. The molecule has 2 saturated heterocycles. The third kappa shape index (κ3) is 5.57. The molecule has 0 radical (unpaired) electrons. The van der Waals surface area contributed by atoms with Gasteiger partial charge < -0.3 is 4.90 Å². The molecular formula is C31H36N4O2S2. The molecular weight excluding hydrogens is 525 g/mol. The van der Waals surface area contributed by atoms with Gasteiger partial charge in [0.2, 0.25) is 0 Å². The molecule has 5 rings (SSSR count). The van der Waals surface area contributed by atoms with E-state index < -0.39 is 0 Å². The number of benzene rings is 1. The lowest BCUT2D eigenvalue weighted by molar-refractivity contribution is -0.123. The van der Waals surface area contributed by atoms with Crippen LogP contribution in [0.4, 0.5) is 5.82 Å². The number of aromatic nitrogens is 1. The van der Waals surface area contributed by atoms with Gasteiger partial charge in [-0.15, -0.1) is 0 Å². The van der Waals surface area contributed by atoms with Crippen LogP contribution in [0.2, 0.25) is 0 Å². The van der Waals surface area contributed by atoms with Gasteiger partial charge in [0.1, 0.15) is 21.8 Å². The van der Waals surface area contributed by atoms with E-state index >= 15 is 0 Å². The number of rotatable bonds is 7. The Hall–Kier alpha value is -2.89. The van der Waals surface area contributed by atoms with E-state index in [0.29, 0.717) is 27.3 Å². The molecule has 1 saturated carbocycles. The van der Waals surface area contributed by atoms with Crippen molar-refractivity contribution in [2.24, 2.45) is 5.92 Å². The van der Waals surface area contributed by atoms with Crippen LogP contribution in [0.3, 0.4) is 0 Å². The van der Waals surface area contributed by atoms with E-state index in [9.17, 15) is 14.9 Å². The first kappa shape index (κ1) is 27.7. The maximum absolute atomic E-state index is 13.6. The van der Waals surface area contributed by atoms with Crippen molar-refractivity contribution in [2.75, 3.05) is 18.0 Å². The second kappa shape index (κ2) is 12.1. The molecule has 0 N–H and O–H groups in total. The third-order valence-corrected chi connectivity index (χ3v) is 9.69. The highest BCUT2D eigenvalue weighted by Crippen LogP contribution is 2.40. The Morgan fingerprint density at radius 1 is 1.10 bits per heavy atom. The van der Waals surface area contributed by atoms with Crippen LogP contribution in [0.5, 0.6) is 0 Å². The molecule has 2 aromatic rings. The number of thioether (sulfide) groups is 1. The standard InChI is InChI=1S/C31H36N4O2S2/c1-3-15-34-28(33-16-13-23(14-17-33)18-22-9-5-4-6-10-22)25(21(2)26(20-32)29(34)36)19-27-30(37)35(31(38)39-27)24-11-7-8-12-24/h4-6,9-10,19,23-24H,3,7-8,11-18H2,1-2H3/b27-19+. The average molecular weight is 561 g/mol. The number of hydrogen-bond donors (Lipinski definition) is 0. The predicted molar refractivity (Wildman–Crippen MR) is 163 cm³/mol. The average Bonchev–Trinajstić information content (AvgIpc) is 3.56. The summed E-state index contributed by atoms with van der Waals surface area (Å²) in [4.78, 5) is 31.7. The first-order chi connectivity index (χ1) is 18.9. The van der Waals surface area contributed by atoms with Crippen molar-refractivity contribution in [1.82, 2.24) is 9.47 Å². The Labute approximate surface area is 240 Å². The molecule has 1 aromatic heterocycles. The molecule has 2 aliphatic heterocycles. The van der Waals surface area contributed by atoms with Gasteiger partial charge in [0.15, 0.2) is 0 Å². The summed E-state index contributed by atoms with van der Waals surface area (Å²) in [6.07, 6.45) is 10.0. The van der Waals surface area contributed by atoms with Crippen LogP contribution >= 0.6 is 24.0 Å². The quantitative estimate of drug-likeness (QED) is 0.304. The summed E-state index contributed by atoms with van der Waals surface area (Å²) in [5.74, 6) is 1.37. The van der Waals surface area contributed by atoms with E-state index in [1.807, 2.05) is 19.9 Å². The Kier molecular flexibility index (Phi) is 8.58. The monoisotopic (exact) mass is 560 g/mol. The van der Waals surface area contributed by atoms with Crippen LogP contribution in [0.1, 0.15) is 74.1 Å². The van der Waals surface area contributed by atoms with Gasteiger partial charge in [-0.1, -0.05) is 74.1 Å². The third-order valence-electron chi connectivity index (χ3n) is 8.36. The highest BCUT2D eigenvalue weighted by Gasteiger charge is 2.38. The van der Waals surface area contributed by atoms with Crippen LogP contribution in [0.25, 0.3) is 6.08 Å². The van der Waals surface area contributed by atoms with Gasteiger partial charge in [-0.25, -0.2) is 0 Å². The van der Waals surface area contributed by atoms with Crippen molar-refractivity contribution >= 4 is 46.1 Å². The van der Waals surface area contributed by atoms with Crippen molar-refractivity contribution in [3.8, 4) is 6.07 Å². The van der Waals surface area contributed by atoms with Crippen molar-refractivity contribution in [3.05, 3.63) is 67.8 Å². The predicted octanol–water partition coefficient (Wildman–Crippen LogP) is 6.04. The summed E-state index contributed by atoms with van der Waals surface area (Å²) in [7, 11) is 0. The molecule has 0 atom stereocenters.